The average Bonchev–Trinajstić information content (AvgIpc) is 3.30. The average molecular weight is 526 g/mol. The second kappa shape index (κ2) is 10.8. The number of nitrogens with one attached hydrogen (secondary N) is 1. The fourth-order valence-electron chi connectivity index (χ4n) is 4.19. The van der Waals surface area contributed by atoms with Crippen LogP contribution in [0, 0.1) is 0 Å². The van der Waals surface area contributed by atoms with Gasteiger partial charge in [0.1, 0.15) is 27.0 Å². The SMILES string of the molecule is CCOc1ccc(NC(=O)c2sc3nc(-c4ccc(OC)cc4)cc(-c4ccc(OC)cc4)c3c2N)cc1. The fraction of sp³-hybridized carbons (Fsp3) is 0.133. The highest BCUT2D eigenvalue weighted by Crippen LogP contribution is 2.42. The molecule has 3 aromatic carbocycles. The summed E-state index contributed by atoms with van der Waals surface area (Å²) in [5.41, 5.74) is 11.2. The molecule has 0 radical (unpaired) electrons. The highest BCUT2D eigenvalue weighted by atomic mass is 32.1. The van der Waals surface area contributed by atoms with Crippen LogP contribution in [0.25, 0.3) is 32.6 Å². The molecule has 1 amide bonds. The lowest BCUT2D eigenvalue weighted by Gasteiger charge is -2.10. The van der Waals surface area contributed by atoms with Crippen molar-refractivity contribution in [2.24, 2.45) is 0 Å². The summed E-state index contributed by atoms with van der Waals surface area (Å²) < 4.78 is 16.1. The van der Waals surface area contributed by atoms with Gasteiger partial charge in [-0.05, 0) is 84.8 Å². The molecule has 5 rings (SSSR count). The Morgan fingerprint density at radius 1 is 0.868 bits per heavy atom. The van der Waals surface area contributed by atoms with Gasteiger partial charge in [0.25, 0.3) is 5.91 Å². The van der Waals surface area contributed by atoms with Crippen molar-refractivity contribution in [1.82, 2.24) is 4.98 Å². The van der Waals surface area contributed by atoms with E-state index in [1.165, 1.54) is 11.3 Å². The number of aromatic nitrogens is 1. The second-order valence-corrected chi connectivity index (χ2v) is 9.45. The van der Waals surface area contributed by atoms with Gasteiger partial charge in [-0.1, -0.05) is 12.1 Å². The molecule has 0 aliphatic heterocycles. The summed E-state index contributed by atoms with van der Waals surface area (Å²) in [6.07, 6.45) is 0. The predicted molar refractivity (Wildman–Crippen MR) is 154 cm³/mol. The molecule has 3 N–H and O–H groups in total. The number of fused-ring (bicyclic) bond motifs is 1. The molecule has 2 aromatic heterocycles. The van der Waals surface area contributed by atoms with E-state index in [0.717, 1.165) is 45.0 Å². The van der Waals surface area contributed by atoms with Crippen LogP contribution in [0.5, 0.6) is 17.2 Å². The van der Waals surface area contributed by atoms with Crippen LogP contribution in [0.1, 0.15) is 16.6 Å². The number of hydrogen-bond acceptors (Lipinski definition) is 7. The molecule has 5 aromatic rings. The van der Waals surface area contributed by atoms with E-state index in [0.29, 0.717) is 27.7 Å². The lowest BCUT2D eigenvalue weighted by atomic mass is 9.99. The van der Waals surface area contributed by atoms with Gasteiger partial charge in [0.15, 0.2) is 0 Å². The number of nitrogens with two attached hydrogens (primary N) is 1. The number of anilines is 2. The van der Waals surface area contributed by atoms with E-state index < -0.39 is 0 Å². The molecular weight excluding hydrogens is 498 g/mol. The summed E-state index contributed by atoms with van der Waals surface area (Å²) in [4.78, 5) is 19.3. The summed E-state index contributed by atoms with van der Waals surface area (Å²) in [5.74, 6) is 1.97. The van der Waals surface area contributed by atoms with E-state index in [4.69, 9.17) is 24.9 Å². The van der Waals surface area contributed by atoms with Crippen molar-refractivity contribution in [3.05, 3.63) is 83.7 Å². The monoisotopic (exact) mass is 525 g/mol. The predicted octanol–water partition coefficient (Wildman–Crippen LogP) is 6.88. The van der Waals surface area contributed by atoms with Gasteiger partial charge in [0.05, 0.1) is 32.2 Å². The van der Waals surface area contributed by atoms with Crippen LogP contribution >= 0.6 is 11.3 Å². The Labute approximate surface area is 224 Å². The minimum Gasteiger partial charge on any atom is -0.497 e. The number of carbonyl (C=O) groups excluding carboxylic acids is 1. The third kappa shape index (κ3) is 4.99. The van der Waals surface area contributed by atoms with Crippen molar-refractivity contribution in [1.29, 1.82) is 0 Å². The van der Waals surface area contributed by atoms with E-state index in [-0.39, 0.29) is 5.91 Å². The zero-order chi connectivity index (χ0) is 26.6. The van der Waals surface area contributed by atoms with Crippen molar-refractivity contribution in [2.75, 3.05) is 31.9 Å². The molecule has 192 valence electrons. The molecule has 0 aliphatic carbocycles. The minimum absolute atomic E-state index is 0.290. The number of thiophene rings is 1. The molecular formula is C30H27N3O4S. The molecule has 38 heavy (non-hydrogen) atoms. The Kier molecular flexibility index (Phi) is 7.15. The van der Waals surface area contributed by atoms with E-state index in [1.807, 2.05) is 73.7 Å². The molecule has 0 saturated heterocycles. The Morgan fingerprint density at radius 2 is 1.45 bits per heavy atom. The number of nitrogens with zero attached hydrogens (tertiary/aromatic N) is 1. The smallest absolute Gasteiger partial charge is 0.267 e. The van der Waals surface area contributed by atoms with Crippen LogP contribution in [-0.2, 0) is 0 Å². The first-order valence-corrected chi connectivity index (χ1v) is 12.9. The highest BCUT2D eigenvalue weighted by Gasteiger charge is 2.22. The standard InChI is InChI=1S/C30H27N3O4S/c1-4-37-23-15-9-20(10-16-23)32-29(34)28-27(31)26-24(18-5-11-21(35-2)12-6-18)17-25(33-30(26)38-28)19-7-13-22(36-3)14-8-19/h5-17H,4,31H2,1-3H3,(H,32,34). The van der Waals surface area contributed by atoms with Crippen LogP contribution in [-0.4, -0.2) is 31.7 Å². The van der Waals surface area contributed by atoms with Gasteiger partial charge in [0.2, 0.25) is 0 Å². The van der Waals surface area contributed by atoms with Crippen molar-refractivity contribution in [3.8, 4) is 39.6 Å². The topological polar surface area (TPSA) is 95.7 Å². The van der Waals surface area contributed by atoms with E-state index in [2.05, 4.69) is 5.32 Å². The maximum absolute atomic E-state index is 13.3. The summed E-state index contributed by atoms with van der Waals surface area (Å²) in [6.45, 7) is 2.50. The second-order valence-electron chi connectivity index (χ2n) is 8.45. The van der Waals surface area contributed by atoms with Crippen molar-refractivity contribution < 1.29 is 19.0 Å². The van der Waals surface area contributed by atoms with Gasteiger partial charge < -0.3 is 25.3 Å². The van der Waals surface area contributed by atoms with Crippen molar-refractivity contribution in [2.45, 2.75) is 6.92 Å². The number of hydrogen-bond donors (Lipinski definition) is 2. The molecule has 0 spiro atoms. The molecule has 0 fully saturated rings. The third-order valence-corrected chi connectivity index (χ3v) is 7.21. The number of methoxy groups -OCH3 is 2. The number of carbonyl (C=O) groups is 1. The molecule has 0 aliphatic rings. The van der Waals surface area contributed by atoms with Gasteiger partial charge in [-0.3, -0.25) is 4.79 Å². The molecule has 8 heteroatoms. The summed E-state index contributed by atoms with van der Waals surface area (Å²) in [5, 5.41) is 3.69. The first kappa shape index (κ1) is 25.1. The van der Waals surface area contributed by atoms with E-state index >= 15 is 0 Å². The Morgan fingerprint density at radius 3 is 2.03 bits per heavy atom. The summed E-state index contributed by atoms with van der Waals surface area (Å²) in [7, 11) is 3.27. The molecule has 0 unspecified atom stereocenters. The summed E-state index contributed by atoms with van der Waals surface area (Å²) in [6, 6.07) is 24.7. The molecule has 0 bridgehead atoms. The quantitative estimate of drug-likeness (QED) is 0.229. The van der Waals surface area contributed by atoms with Gasteiger partial charge in [-0.15, -0.1) is 11.3 Å². The van der Waals surface area contributed by atoms with Crippen molar-refractivity contribution in [3.63, 3.8) is 0 Å². The number of amides is 1. The lowest BCUT2D eigenvalue weighted by molar-refractivity contribution is 0.103. The maximum atomic E-state index is 13.3. The Hall–Kier alpha value is -4.56. The van der Waals surface area contributed by atoms with Crippen LogP contribution < -0.4 is 25.3 Å². The molecule has 0 saturated carbocycles. The first-order valence-electron chi connectivity index (χ1n) is 12.1. The first-order chi connectivity index (χ1) is 18.5. The van der Waals surface area contributed by atoms with Crippen LogP contribution in [0.2, 0.25) is 0 Å². The van der Waals surface area contributed by atoms with Gasteiger partial charge in [-0.25, -0.2) is 4.98 Å². The number of rotatable bonds is 8. The largest absolute Gasteiger partial charge is 0.497 e. The highest BCUT2D eigenvalue weighted by molar-refractivity contribution is 7.21. The van der Waals surface area contributed by atoms with E-state index in [1.54, 1.807) is 26.4 Å². The van der Waals surface area contributed by atoms with Gasteiger partial charge >= 0.3 is 0 Å². The number of benzene rings is 3. The van der Waals surface area contributed by atoms with Gasteiger partial charge in [0, 0.05) is 16.6 Å². The zero-order valence-corrected chi connectivity index (χ0v) is 22.1. The number of pyridine rings is 1. The van der Waals surface area contributed by atoms with Crippen molar-refractivity contribution >= 4 is 38.8 Å². The van der Waals surface area contributed by atoms with Crippen LogP contribution in [0.3, 0.4) is 0 Å². The fourth-order valence-corrected chi connectivity index (χ4v) is 5.20. The minimum atomic E-state index is -0.290. The maximum Gasteiger partial charge on any atom is 0.267 e. The molecule has 2 heterocycles. The van der Waals surface area contributed by atoms with E-state index in [9.17, 15) is 4.79 Å². The summed E-state index contributed by atoms with van der Waals surface area (Å²) >= 11 is 1.27. The van der Waals surface area contributed by atoms with Crippen LogP contribution in [0.15, 0.2) is 78.9 Å². The normalized spacial score (nSPS) is 10.8. The third-order valence-electron chi connectivity index (χ3n) is 6.12. The molecule has 7 nitrogen and oxygen atoms in total. The molecule has 0 atom stereocenters. The lowest BCUT2D eigenvalue weighted by Crippen LogP contribution is -2.11. The Bertz CT molecular complexity index is 1580. The number of ether oxygens (including phenoxy) is 3. The Balaban J connectivity index is 1.59. The van der Waals surface area contributed by atoms with Crippen LogP contribution in [0.4, 0.5) is 11.4 Å². The number of nitrogen functional groups attached to an aromatic ring is 1. The van der Waals surface area contributed by atoms with Gasteiger partial charge in [-0.2, -0.15) is 0 Å². The zero-order valence-electron chi connectivity index (χ0n) is 21.3.